The van der Waals surface area contributed by atoms with Gasteiger partial charge in [-0.3, -0.25) is 4.79 Å². The third-order valence-electron chi connectivity index (χ3n) is 2.94. The molecule has 0 aliphatic heterocycles. The van der Waals surface area contributed by atoms with Gasteiger partial charge in [0.1, 0.15) is 11.6 Å². The fourth-order valence-electron chi connectivity index (χ4n) is 1.77. The molecule has 2 rings (SSSR count). The van der Waals surface area contributed by atoms with E-state index in [9.17, 15) is 9.18 Å². The van der Waals surface area contributed by atoms with Crippen LogP contribution in [0.15, 0.2) is 42.5 Å². The van der Waals surface area contributed by atoms with Gasteiger partial charge in [0.05, 0.1) is 0 Å². The molecule has 5 heteroatoms. The van der Waals surface area contributed by atoms with Gasteiger partial charge in [0.15, 0.2) is 6.10 Å². The number of ether oxygens (including phenoxy) is 1. The zero-order valence-corrected chi connectivity index (χ0v) is 12.4. The van der Waals surface area contributed by atoms with Crippen LogP contribution in [0.4, 0.5) is 10.1 Å². The van der Waals surface area contributed by atoms with E-state index in [1.54, 1.807) is 25.1 Å². The molecule has 0 bridgehead atoms. The maximum Gasteiger partial charge on any atom is 0.265 e. The third kappa shape index (κ3) is 4.20. The fourth-order valence-corrected chi connectivity index (χ4v) is 2.00. The van der Waals surface area contributed by atoms with Gasteiger partial charge in [0.2, 0.25) is 0 Å². The summed E-state index contributed by atoms with van der Waals surface area (Å²) in [5, 5.41) is 3.38. The SMILES string of the molecule is Cc1cc(Cl)ccc1NC(=O)[C@H](C)Oc1ccc(F)cc1. The van der Waals surface area contributed by atoms with Crippen LogP contribution in [0.1, 0.15) is 12.5 Å². The van der Waals surface area contributed by atoms with Crippen molar-refractivity contribution in [2.45, 2.75) is 20.0 Å². The second kappa shape index (κ2) is 6.59. The molecule has 0 unspecified atom stereocenters. The van der Waals surface area contributed by atoms with E-state index in [1.165, 1.54) is 24.3 Å². The molecule has 0 saturated carbocycles. The van der Waals surface area contributed by atoms with Crippen LogP contribution in [0, 0.1) is 12.7 Å². The molecule has 1 N–H and O–H groups in total. The van der Waals surface area contributed by atoms with Gasteiger partial charge < -0.3 is 10.1 Å². The van der Waals surface area contributed by atoms with Gasteiger partial charge in [-0.05, 0) is 61.9 Å². The summed E-state index contributed by atoms with van der Waals surface area (Å²) in [5.41, 5.74) is 1.55. The highest BCUT2D eigenvalue weighted by molar-refractivity contribution is 6.30. The molecule has 0 saturated heterocycles. The molecule has 0 aromatic heterocycles. The lowest BCUT2D eigenvalue weighted by atomic mass is 10.2. The molecule has 1 atom stereocenters. The van der Waals surface area contributed by atoms with Gasteiger partial charge in [-0.15, -0.1) is 0 Å². The van der Waals surface area contributed by atoms with Gasteiger partial charge in [-0.1, -0.05) is 11.6 Å². The minimum atomic E-state index is -0.703. The number of hydrogen-bond donors (Lipinski definition) is 1. The Morgan fingerprint density at radius 3 is 2.52 bits per heavy atom. The molecule has 0 aliphatic rings. The Hall–Kier alpha value is -2.07. The highest BCUT2D eigenvalue weighted by Crippen LogP contribution is 2.20. The highest BCUT2D eigenvalue weighted by Gasteiger charge is 2.15. The summed E-state index contributed by atoms with van der Waals surface area (Å²) in [7, 11) is 0. The second-order valence-corrected chi connectivity index (χ2v) is 5.10. The number of amides is 1. The van der Waals surface area contributed by atoms with Crippen LogP contribution in [-0.2, 0) is 4.79 Å². The standard InChI is InChI=1S/C16H15ClFNO2/c1-10-9-12(17)3-8-15(10)19-16(20)11(2)21-14-6-4-13(18)5-7-14/h3-9,11H,1-2H3,(H,19,20)/t11-/m0/s1. The number of rotatable bonds is 4. The van der Waals surface area contributed by atoms with Gasteiger partial charge in [-0.25, -0.2) is 4.39 Å². The molecule has 21 heavy (non-hydrogen) atoms. The molecular weight excluding hydrogens is 293 g/mol. The highest BCUT2D eigenvalue weighted by atomic mass is 35.5. The number of aryl methyl sites for hydroxylation is 1. The maximum atomic E-state index is 12.8. The van der Waals surface area contributed by atoms with Crippen molar-refractivity contribution < 1.29 is 13.9 Å². The minimum absolute atomic E-state index is 0.287. The summed E-state index contributed by atoms with van der Waals surface area (Å²) in [5.74, 6) is -0.201. The summed E-state index contributed by atoms with van der Waals surface area (Å²) >= 11 is 5.87. The molecular formula is C16H15ClFNO2. The molecule has 0 aliphatic carbocycles. The third-order valence-corrected chi connectivity index (χ3v) is 3.18. The van der Waals surface area contributed by atoms with E-state index in [-0.39, 0.29) is 11.7 Å². The largest absolute Gasteiger partial charge is 0.481 e. The van der Waals surface area contributed by atoms with Crippen molar-refractivity contribution in [2.75, 3.05) is 5.32 Å². The van der Waals surface area contributed by atoms with Gasteiger partial charge >= 0.3 is 0 Å². The van der Waals surface area contributed by atoms with Crippen LogP contribution in [0.25, 0.3) is 0 Å². The first kappa shape index (κ1) is 15.3. The molecule has 0 heterocycles. The lowest BCUT2D eigenvalue weighted by Gasteiger charge is -2.15. The Kier molecular flexibility index (Phi) is 4.81. The van der Waals surface area contributed by atoms with Crippen molar-refractivity contribution in [3.05, 3.63) is 58.9 Å². The van der Waals surface area contributed by atoms with Crippen LogP contribution in [0.3, 0.4) is 0 Å². The van der Waals surface area contributed by atoms with Crippen molar-refractivity contribution in [3.8, 4) is 5.75 Å². The maximum absolute atomic E-state index is 12.8. The van der Waals surface area contributed by atoms with E-state index in [4.69, 9.17) is 16.3 Å². The quantitative estimate of drug-likeness (QED) is 0.919. The second-order valence-electron chi connectivity index (χ2n) is 4.66. The van der Waals surface area contributed by atoms with Crippen LogP contribution in [0.5, 0.6) is 5.75 Å². The minimum Gasteiger partial charge on any atom is -0.481 e. The Morgan fingerprint density at radius 2 is 1.90 bits per heavy atom. The first-order valence-electron chi connectivity index (χ1n) is 6.45. The average molecular weight is 308 g/mol. The summed E-state index contributed by atoms with van der Waals surface area (Å²) in [6, 6.07) is 10.7. The average Bonchev–Trinajstić information content (AvgIpc) is 2.44. The first-order valence-corrected chi connectivity index (χ1v) is 6.83. The van der Waals surface area contributed by atoms with Crippen molar-refractivity contribution in [1.82, 2.24) is 0 Å². The molecule has 1 amide bonds. The summed E-state index contributed by atoms with van der Waals surface area (Å²) in [4.78, 5) is 12.1. The number of nitrogens with one attached hydrogen (secondary N) is 1. The molecule has 0 fully saturated rings. The summed E-state index contributed by atoms with van der Waals surface area (Å²) in [6.07, 6.45) is -0.703. The first-order chi connectivity index (χ1) is 9.95. The van der Waals surface area contributed by atoms with E-state index in [1.807, 2.05) is 6.92 Å². The normalized spacial score (nSPS) is 11.8. The van der Waals surface area contributed by atoms with Crippen LogP contribution in [-0.4, -0.2) is 12.0 Å². The van der Waals surface area contributed by atoms with Gasteiger partial charge in [0, 0.05) is 10.7 Å². The number of benzene rings is 2. The molecule has 110 valence electrons. The van der Waals surface area contributed by atoms with Crippen molar-refractivity contribution in [2.24, 2.45) is 0 Å². The zero-order valence-electron chi connectivity index (χ0n) is 11.7. The van der Waals surface area contributed by atoms with Crippen LogP contribution < -0.4 is 10.1 Å². The Morgan fingerprint density at radius 1 is 1.24 bits per heavy atom. The number of hydrogen-bond acceptors (Lipinski definition) is 2. The van der Waals surface area contributed by atoms with E-state index in [2.05, 4.69) is 5.32 Å². The molecule has 3 nitrogen and oxygen atoms in total. The number of carbonyl (C=O) groups is 1. The van der Waals surface area contributed by atoms with Crippen LogP contribution in [0.2, 0.25) is 5.02 Å². The fraction of sp³-hybridized carbons (Fsp3) is 0.188. The van der Waals surface area contributed by atoms with E-state index in [0.717, 1.165) is 5.56 Å². The van der Waals surface area contributed by atoms with Crippen LogP contribution >= 0.6 is 11.6 Å². The smallest absolute Gasteiger partial charge is 0.265 e. The summed E-state index contributed by atoms with van der Waals surface area (Å²) in [6.45, 7) is 3.48. The van der Waals surface area contributed by atoms with Gasteiger partial charge in [0.25, 0.3) is 5.91 Å². The monoisotopic (exact) mass is 307 g/mol. The van der Waals surface area contributed by atoms with E-state index < -0.39 is 6.10 Å². The Balaban J connectivity index is 2.00. The lowest BCUT2D eigenvalue weighted by Crippen LogP contribution is -2.30. The number of carbonyl (C=O) groups excluding carboxylic acids is 1. The van der Waals surface area contributed by atoms with E-state index >= 15 is 0 Å². The van der Waals surface area contributed by atoms with Crippen molar-refractivity contribution >= 4 is 23.2 Å². The number of anilines is 1. The van der Waals surface area contributed by atoms with Crippen molar-refractivity contribution in [3.63, 3.8) is 0 Å². The zero-order chi connectivity index (χ0) is 15.4. The predicted molar refractivity (Wildman–Crippen MR) is 81.3 cm³/mol. The van der Waals surface area contributed by atoms with Gasteiger partial charge in [-0.2, -0.15) is 0 Å². The molecule has 0 spiro atoms. The van der Waals surface area contributed by atoms with E-state index in [0.29, 0.717) is 16.5 Å². The lowest BCUT2D eigenvalue weighted by molar-refractivity contribution is -0.122. The molecule has 2 aromatic rings. The Labute approximate surface area is 127 Å². The number of halogens is 2. The predicted octanol–water partition coefficient (Wildman–Crippen LogP) is 4.19. The Bertz CT molecular complexity index is 643. The topological polar surface area (TPSA) is 38.3 Å². The summed E-state index contributed by atoms with van der Waals surface area (Å²) < 4.78 is 18.3. The molecule has 2 aromatic carbocycles. The molecule has 0 radical (unpaired) electrons. The van der Waals surface area contributed by atoms with Crippen molar-refractivity contribution in [1.29, 1.82) is 0 Å².